The van der Waals surface area contributed by atoms with Gasteiger partial charge < -0.3 is 9.64 Å². The maximum Gasteiger partial charge on any atom is 0.101 e. The third-order valence-electron chi connectivity index (χ3n) is 1.86. The first-order chi connectivity index (χ1) is 4.93. The molecule has 1 saturated heterocycles. The van der Waals surface area contributed by atoms with E-state index in [9.17, 15) is 0 Å². The van der Waals surface area contributed by atoms with E-state index in [1.165, 1.54) is 25.4 Å². The largest absolute Gasteiger partial charge is 0.370 e. The molecule has 1 rings (SSSR count). The highest BCUT2D eigenvalue weighted by atomic mass is 32.2. The molecule has 0 spiro atoms. The maximum atomic E-state index is 5.25. The Morgan fingerprint density at radius 1 is 1.40 bits per heavy atom. The van der Waals surface area contributed by atoms with Crippen molar-refractivity contribution >= 4 is 11.8 Å². The van der Waals surface area contributed by atoms with Gasteiger partial charge in [-0.1, -0.05) is 0 Å². The van der Waals surface area contributed by atoms with Gasteiger partial charge in [-0.25, -0.2) is 0 Å². The molecule has 3 heteroatoms. The second kappa shape index (κ2) is 4.99. The van der Waals surface area contributed by atoms with E-state index in [0.29, 0.717) is 0 Å². The number of morpholine rings is 1. The predicted octanol–water partition coefficient (Wildman–Crippen LogP) is -0.735. The lowest BCUT2D eigenvalue weighted by atomic mass is 10.4. The van der Waals surface area contributed by atoms with Crippen LogP contribution in [0, 0.1) is 0 Å². The van der Waals surface area contributed by atoms with E-state index in [-0.39, 0.29) is 0 Å². The molecule has 0 bridgehead atoms. The zero-order valence-corrected chi connectivity index (χ0v) is 7.38. The normalized spacial score (nSPS) is 21.3. The molecule has 0 radical (unpaired) electrons. The van der Waals surface area contributed by atoms with Crippen molar-refractivity contribution in [3.05, 3.63) is 0 Å². The van der Waals surface area contributed by atoms with Crippen LogP contribution < -0.4 is 4.90 Å². The Kier molecular flexibility index (Phi) is 4.18. The number of quaternary nitrogens is 1. The minimum atomic E-state index is 0.962. The van der Waals surface area contributed by atoms with Gasteiger partial charge in [0.1, 0.15) is 13.1 Å². The summed E-state index contributed by atoms with van der Waals surface area (Å²) < 4.78 is 5.25. The van der Waals surface area contributed by atoms with Gasteiger partial charge in [-0.05, 0) is 6.26 Å². The summed E-state index contributed by atoms with van der Waals surface area (Å²) in [6, 6.07) is 0. The molecule has 0 aromatic rings. The third kappa shape index (κ3) is 2.90. The topological polar surface area (TPSA) is 13.7 Å². The zero-order valence-electron chi connectivity index (χ0n) is 6.56. The number of hydrogen-bond donors (Lipinski definition) is 1. The number of ether oxygens (including phenoxy) is 1. The summed E-state index contributed by atoms with van der Waals surface area (Å²) in [4.78, 5) is 1.71. The van der Waals surface area contributed by atoms with Gasteiger partial charge in [-0.2, -0.15) is 11.8 Å². The summed E-state index contributed by atoms with van der Waals surface area (Å²) in [5.74, 6) is 1.29. The van der Waals surface area contributed by atoms with Crippen LogP contribution in [0.2, 0.25) is 0 Å². The Morgan fingerprint density at radius 3 is 2.70 bits per heavy atom. The van der Waals surface area contributed by atoms with Crippen molar-refractivity contribution in [3.63, 3.8) is 0 Å². The van der Waals surface area contributed by atoms with Crippen LogP contribution in [0.3, 0.4) is 0 Å². The van der Waals surface area contributed by atoms with E-state index in [2.05, 4.69) is 6.26 Å². The van der Waals surface area contributed by atoms with E-state index in [0.717, 1.165) is 13.2 Å². The van der Waals surface area contributed by atoms with Gasteiger partial charge in [0.2, 0.25) is 0 Å². The lowest BCUT2D eigenvalue weighted by molar-refractivity contribution is -0.905. The maximum absolute atomic E-state index is 5.25. The van der Waals surface area contributed by atoms with Crippen LogP contribution in [0.25, 0.3) is 0 Å². The fraction of sp³-hybridized carbons (Fsp3) is 1.00. The Hall–Kier alpha value is 0.270. The van der Waals surface area contributed by atoms with Gasteiger partial charge in [0, 0.05) is 5.75 Å². The molecule has 0 aromatic carbocycles. The molecule has 1 aliphatic rings. The van der Waals surface area contributed by atoms with Gasteiger partial charge in [0.05, 0.1) is 19.8 Å². The van der Waals surface area contributed by atoms with Crippen LogP contribution in [0.5, 0.6) is 0 Å². The third-order valence-corrected chi connectivity index (χ3v) is 2.47. The summed E-state index contributed by atoms with van der Waals surface area (Å²) in [6.45, 7) is 5.65. The summed E-state index contributed by atoms with van der Waals surface area (Å²) in [5.41, 5.74) is 0. The predicted molar refractivity (Wildman–Crippen MR) is 44.8 cm³/mol. The minimum absolute atomic E-state index is 0.962. The quantitative estimate of drug-likeness (QED) is 0.587. The summed E-state index contributed by atoms with van der Waals surface area (Å²) in [5, 5.41) is 0. The first kappa shape index (κ1) is 8.37. The molecule has 1 N–H and O–H groups in total. The molecule has 60 valence electrons. The molecule has 1 fully saturated rings. The molecule has 1 heterocycles. The van der Waals surface area contributed by atoms with Gasteiger partial charge in [-0.15, -0.1) is 0 Å². The fourth-order valence-corrected chi connectivity index (χ4v) is 1.65. The van der Waals surface area contributed by atoms with E-state index in [4.69, 9.17) is 4.74 Å². The van der Waals surface area contributed by atoms with Crippen LogP contribution in [-0.2, 0) is 4.74 Å². The first-order valence-corrected chi connectivity index (χ1v) is 5.23. The highest BCUT2D eigenvalue weighted by molar-refractivity contribution is 7.98. The minimum Gasteiger partial charge on any atom is -0.370 e. The molecule has 0 saturated carbocycles. The van der Waals surface area contributed by atoms with Crippen LogP contribution >= 0.6 is 11.8 Å². The Labute approximate surface area is 66.9 Å². The average molecular weight is 162 g/mol. The lowest BCUT2D eigenvalue weighted by Gasteiger charge is -2.23. The zero-order chi connectivity index (χ0) is 7.23. The van der Waals surface area contributed by atoms with Crippen molar-refractivity contribution < 1.29 is 9.64 Å². The van der Waals surface area contributed by atoms with Gasteiger partial charge in [0.25, 0.3) is 0 Å². The summed E-state index contributed by atoms with van der Waals surface area (Å²) in [6.07, 6.45) is 2.17. The molecule has 0 atom stereocenters. The van der Waals surface area contributed by atoms with E-state index >= 15 is 0 Å². The molecule has 2 nitrogen and oxygen atoms in total. The second-order valence-electron chi connectivity index (χ2n) is 2.61. The van der Waals surface area contributed by atoms with Crippen molar-refractivity contribution in [1.82, 2.24) is 0 Å². The van der Waals surface area contributed by atoms with Crippen LogP contribution in [0.15, 0.2) is 0 Å². The van der Waals surface area contributed by atoms with Gasteiger partial charge in [-0.3, -0.25) is 0 Å². The Bertz CT molecular complexity index is 83.7. The Balaban J connectivity index is 2.02. The number of nitrogens with one attached hydrogen (secondary N) is 1. The smallest absolute Gasteiger partial charge is 0.101 e. The van der Waals surface area contributed by atoms with Crippen LogP contribution in [-0.4, -0.2) is 44.9 Å². The van der Waals surface area contributed by atoms with Crippen molar-refractivity contribution in [2.75, 3.05) is 44.9 Å². The van der Waals surface area contributed by atoms with Crippen molar-refractivity contribution in [2.24, 2.45) is 0 Å². The molecule has 0 aromatic heterocycles. The van der Waals surface area contributed by atoms with Crippen LogP contribution in [0.1, 0.15) is 0 Å². The fourth-order valence-electron chi connectivity index (χ4n) is 1.16. The van der Waals surface area contributed by atoms with E-state index in [1.807, 2.05) is 11.8 Å². The van der Waals surface area contributed by atoms with Gasteiger partial charge in [0.15, 0.2) is 0 Å². The van der Waals surface area contributed by atoms with Crippen molar-refractivity contribution in [3.8, 4) is 0 Å². The number of thioether (sulfide) groups is 1. The molecule has 1 aliphatic heterocycles. The molecule has 0 unspecified atom stereocenters. The van der Waals surface area contributed by atoms with E-state index in [1.54, 1.807) is 4.90 Å². The van der Waals surface area contributed by atoms with Gasteiger partial charge >= 0.3 is 0 Å². The summed E-state index contributed by atoms with van der Waals surface area (Å²) >= 11 is 1.93. The van der Waals surface area contributed by atoms with Crippen molar-refractivity contribution in [1.29, 1.82) is 0 Å². The molecule has 0 amide bonds. The second-order valence-corrected chi connectivity index (χ2v) is 3.59. The highest BCUT2D eigenvalue weighted by Gasteiger charge is 2.11. The first-order valence-electron chi connectivity index (χ1n) is 3.83. The Morgan fingerprint density at radius 2 is 2.10 bits per heavy atom. The monoisotopic (exact) mass is 162 g/mol. The number of hydrogen-bond acceptors (Lipinski definition) is 2. The van der Waals surface area contributed by atoms with E-state index < -0.39 is 0 Å². The summed E-state index contributed by atoms with van der Waals surface area (Å²) in [7, 11) is 0. The lowest BCUT2D eigenvalue weighted by Crippen LogP contribution is -3.14. The SMILES string of the molecule is CSCC[NH+]1CCOCC1. The molecular formula is C7H16NOS+. The average Bonchev–Trinajstić information content (AvgIpc) is 2.03. The molecular weight excluding hydrogens is 146 g/mol. The number of rotatable bonds is 3. The highest BCUT2D eigenvalue weighted by Crippen LogP contribution is 1.85. The molecule has 0 aliphatic carbocycles. The van der Waals surface area contributed by atoms with Crippen LogP contribution in [0.4, 0.5) is 0 Å². The van der Waals surface area contributed by atoms with Crippen molar-refractivity contribution in [2.45, 2.75) is 0 Å². The standard InChI is InChI=1S/C7H15NOS/c1-10-7-4-8-2-5-9-6-3-8/h2-7H2,1H3/p+1. The molecule has 10 heavy (non-hydrogen) atoms.